The van der Waals surface area contributed by atoms with Gasteiger partial charge in [-0.2, -0.15) is 0 Å². The van der Waals surface area contributed by atoms with Crippen molar-refractivity contribution in [1.29, 1.82) is 0 Å². The van der Waals surface area contributed by atoms with Gasteiger partial charge in [0.2, 0.25) is 0 Å². The molecule has 108 valence electrons. The van der Waals surface area contributed by atoms with Crippen molar-refractivity contribution in [2.75, 3.05) is 6.61 Å². The standard InChI is InChI=1S/C19H21NO/c1-2-16-9-6-10-17-13-18(11-12-21)20(19(16)17)14-15-7-4-3-5-8-15/h3-10,13,21H,2,11-12,14H2,1H3. The number of nitrogens with zero attached hydrogens (tertiary/aromatic N) is 1. The molecule has 0 aliphatic heterocycles. The summed E-state index contributed by atoms with van der Waals surface area (Å²) in [5.74, 6) is 0. The fourth-order valence-corrected chi connectivity index (χ4v) is 3.01. The van der Waals surface area contributed by atoms with Gasteiger partial charge in [-0.05, 0) is 23.6 Å². The monoisotopic (exact) mass is 279 g/mol. The van der Waals surface area contributed by atoms with E-state index >= 15 is 0 Å². The van der Waals surface area contributed by atoms with Gasteiger partial charge < -0.3 is 9.67 Å². The SMILES string of the molecule is CCc1cccc2cc(CCO)n(Cc3ccccc3)c12. The Bertz CT molecular complexity index is 728. The molecule has 0 saturated heterocycles. The van der Waals surface area contributed by atoms with Crippen LogP contribution in [0.3, 0.4) is 0 Å². The van der Waals surface area contributed by atoms with Crippen LogP contribution in [0.2, 0.25) is 0 Å². The van der Waals surface area contributed by atoms with Crippen LogP contribution >= 0.6 is 0 Å². The Morgan fingerprint density at radius 1 is 1.00 bits per heavy atom. The minimum atomic E-state index is 0.187. The topological polar surface area (TPSA) is 25.2 Å². The number of para-hydroxylation sites is 1. The van der Waals surface area contributed by atoms with Gasteiger partial charge >= 0.3 is 0 Å². The highest BCUT2D eigenvalue weighted by Crippen LogP contribution is 2.25. The van der Waals surface area contributed by atoms with Crippen LogP contribution in [0, 0.1) is 0 Å². The van der Waals surface area contributed by atoms with Crippen molar-refractivity contribution in [2.24, 2.45) is 0 Å². The zero-order valence-corrected chi connectivity index (χ0v) is 12.4. The maximum Gasteiger partial charge on any atom is 0.0518 e. The first-order chi connectivity index (χ1) is 10.3. The summed E-state index contributed by atoms with van der Waals surface area (Å²) in [7, 11) is 0. The number of aryl methyl sites for hydroxylation is 1. The van der Waals surface area contributed by atoms with Crippen LogP contribution in [0.25, 0.3) is 10.9 Å². The zero-order chi connectivity index (χ0) is 14.7. The van der Waals surface area contributed by atoms with Gasteiger partial charge in [0.1, 0.15) is 0 Å². The van der Waals surface area contributed by atoms with Crippen LogP contribution in [0.1, 0.15) is 23.7 Å². The molecule has 1 heterocycles. The summed E-state index contributed by atoms with van der Waals surface area (Å²) in [6.45, 7) is 3.24. The Hall–Kier alpha value is -2.06. The van der Waals surface area contributed by atoms with Crippen LogP contribution in [0.5, 0.6) is 0 Å². The van der Waals surface area contributed by atoms with E-state index in [9.17, 15) is 5.11 Å². The molecule has 2 nitrogen and oxygen atoms in total. The molecule has 1 N–H and O–H groups in total. The van der Waals surface area contributed by atoms with E-state index in [2.05, 4.69) is 60.0 Å². The molecule has 0 unspecified atom stereocenters. The highest BCUT2D eigenvalue weighted by atomic mass is 16.3. The Balaban J connectivity index is 2.15. The van der Waals surface area contributed by atoms with E-state index in [4.69, 9.17) is 0 Å². The molecule has 2 heteroatoms. The van der Waals surface area contributed by atoms with E-state index < -0.39 is 0 Å². The number of hydrogen-bond acceptors (Lipinski definition) is 1. The van der Waals surface area contributed by atoms with Crippen LogP contribution in [-0.4, -0.2) is 16.3 Å². The summed E-state index contributed by atoms with van der Waals surface area (Å²) in [4.78, 5) is 0. The number of aliphatic hydroxyl groups excluding tert-OH is 1. The lowest BCUT2D eigenvalue weighted by atomic mass is 10.1. The summed E-state index contributed by atoms with van der Waals surface area (Å²) in [6.07, 6.45) is 1.72. The molecule has 0 spiro atoms. The summed E-state index contributed by atoms with van der Waals surface area (Å²) in [5, 5.41) is 10.6. The molecule has 3 rings (SSSR count). The van der Waals surface area contributed by atoms with E-state index in [0.29, 0.717) is 6.42 Å². The molecular weight excluding hydrogens is 258 g/mol. The minimum absolute atomic E-state index is 0.187. The number of fused-ring (bicyclic) bond motifs is 1. The molecule has 0 saturated carbocycles. The fraction of sp³-hybridized carbons (Fsp3) is 0.263. The average molecular weight is 279 g/mol. The first kappa shape index (κ1) is 13.9. The number of benzene rings is 2. The Morgan fingerprint density at radius 3 is 2.52 bits per heavy atom. The zero-order valence-electron chi connectivity index (χ0n) is 12.4. The second-order valence-electron chi connectivity index (χ2n) is 5.39. The Labute approximate surface area is 125 Å². The molecule has 0 fully saturated rings. The van der Waals surface area contributed by atoms with E-state index in [1.165, 1.54) is 27.7 Å². The third-order valence-electron chi connectivity index (χ3n) is 4.02. The summed E-state index contributed by atoms with van der Waals surface area (Å²) in [6, 6.07) is 19.2. The molecule has 0 aliphatic rings. The van der Waals surface area contributed by atoms with Gasteiger partial charge in [-0.3, -0.25) is 0 Å². The lowest BCUT2D eigenvalue weighted by Gasteiger charge is -2.12. The number of rotatable bonds is 5. The normalized spacial score (nSPS) is 11.1. The van der Waals surface area contributed by atoms with Gasteiger partial charge in [0, 0.05) is 30.7 Å². The van der Waals surface area contributed by atoms with Crippen LogP contribution in [0.4, 0.5) is 0 Å². The second-order valence-corrected chi connectivity index (χ2v) is 5.39. The molecule has 2 aromatic carbocycles. The lowest BCUT2D eigenvalue weighted by Crippen LogP contribution is -2.07. The Morgan fingerprint density at radius 2 is 1.81 bits per heavy atom. The quantitative estimate of drug-likeness (QED) is 0.755. The summed E-state index contributed by atoms with van der Waals surface area (Å²) in [5.41, 5.74) is 5.18. The van der Waals surface area contributed by atoms with Gasteiger partial charge in [-0.1, -0.05) is 55.5 Å². The molecule has 0 radical (unpaired) electrons. The van der Waals surface area contributed by atoms with E-state index in [1.807, 2.05) is 6.07 Å². The molecule has 1 aromatic heterocycles. The summed E-state index contributed by atoms with van der Waals surface area (Å²) < 4.78 is 2.36. The molecule has 0 amide bonds. The third-order valence-corrected chi connectivity index (χ3v) is 4.02. The molecular formula is C19H21NO. The molecule has 0 aliphatic carbocycles. The van der Waals surface area contributed by atoms with E-state index in [1.54, 1.807) is 0 Å². The van der Waals surface area contributed by atoms with Crippen molar-refractivity contribution in [3.63, 3.8) is 0 Å². The molecule has 21 heavy (non-hydrogen) atoms. The van der Waals surface area contributed by atoms with Gasteiger partial charge in [0.25, 0.3) is 0 Å². The van der Waals surface area contributed by atoms with Crippen LogP contribution in [0.15, 0.2) is 54.6 Å². The van der Waals surface area contributed by atoms with E-state index in [0.717, 1.165) is 13.0 Å². The van der Waals surface area contributed by atoms with Gasteiger partial charge in [-0.25, -0.2) is 0 Å². The van der Waals surface area contributed by atoms with Crippen molar-refractivity contribution in [2.45, 2.75) is 26.3 Å². The smallest absolute Gasteiger partial charge is 0.0518 e. The van der Waals surface area contributed by atoms with Crippen molar-refractivity contribution < 1.29 is 5.11 Å². The van der Waals surface area contributed by atoms with Crippen molar-refractivity contribution in [1.82, 2.24) is 4.57 Å². The van der Waals surface area contributed by atoms with Crippen molar-refractivity contribution in [3.05, 3.63) is 71.4 Å². The van der Waals surface area contributed by atoms with E-state index in [-0.39, 0.29) is 6.61 Å². The average Bonchev–Trinajstić information content (AvgIpc) is 2.86. The molecule has 0 bridgehead atoms. The summed E-state index contributed by atoms with van der Waals surface area (Å²) >= 11 is 0. The minimum Gasteiger partial charge on any atom is -0.396 e. The first-order valence-electron chi connectivity index (χ1n) is 7.58. The Kier molecular flexibility index (Phi) is 4.07. The predicted molar refractivity (Wildman–Crippen MR) is 87.6 cm³/mol. The van der Waals surface area contributed by atoms with Crippen molar-refractivity contribution in [3.8, 4) is 0 Å². The number of aliphatic hydroxyl groups is 1. The number of hydrogen-bond donors (Lipinski definition) is 1. The van der Waals surface area contributed by atoms with Gasteiger partial charge in [-0.15, -0.1) is 0 Å². The van der Waals surface area contributed by atoms with Gasteiger partial charge in [0.05, 0.1) is 5.52 Å². The van der Waals surface area contributed by atoms with Crippen LogP contribution < -0.4 is 0 Å². The maximum atomic E-state index is 9.35. The highest BCUT2D eigenvalue weighted by Gasteiger charge is 2.11. The van der Waals surface area contributed by atoms with Crippen LogP contribution in [-0.2, 0) is 19.4 Å². The van der Waals surface area contributed by atoms with Crippen molar-refractivity contribution >= 4 is 10.9 Å². The third kappa shape index (κ3) is 2.72. The number of aromatic nitrogens is 1. The maximum absolute atomic E-state index is 9.35. The fourth-order valence-electron chi connectivity index (χ4n) is 3.01. The second kappa shape index (κ2) is 6.15. The molecule has 3 aromatic rings. The first-order valence-corrected chi connectivity index (χ1v) is 7.58. The van der Waals surface area contributed by atoms with Gasteiger partial charge in [0.15, 0.2) is 0 Å². The lowest BCUT2D eigenvalue weighted by molar-refractivity contribution is 0.297. The molecule has 0 atom stereocenters. The largest absolute Gasteiger partial charge is 0.396 e. The highest BCUT2D eigenvalue weighted by molar-refractivity contribution is 5.84. The predicted octanol–water partition coefficient (Wildman–Crippen LogP) is 3.79.